The van der Waals surface area contributed by atoms with E-state index in [9.17, 15) is 8.78 Å². The number of nitrogens with zero attached hydrogens (tertiary/aromatic N) is 2. The average molecular weight is 377 g/mol. The Hall–Kier alpha value is -1.69. The van der Waals surface area contributed by atoms with Gasteiger partial charge in [0.25, 0.3) is 0 Å². The number of benzene rings is 1. The number of guanidine groups is 1. The summed E-state index contributed by atoms with van der Waals surface area (Å²) in [6, 6.07) is 4.19. The normalized spacial score (nSPS) is 27.7. The lowest BCUT2D eigenvalue weighted by molar-refractivity contribution is 0.156. The minimum Gasteiger partial charge on any atom is -0.381 e. The molecule has 148 valence electrons. The molecule has 4 rings (SSSR count). The fourth-order valence-corrected chi connectivity index (χ4v) is 5.24. The molecule has 3 aliphatic rings. The molecule has 27 heavy (non-hydrogen) atoms. The van der Waals surface area contributed by atoms with Crippen molar-refractivity contribution in [2.45, 2.75) is 43.9 Å². The molecule has 1 aromatic carbocycles. The Morgan fingerprint density at radius 1 is 1.19 bits per heavy atom. The first-order valence-electron chi connectivity index (χ1n) is 10.1. The molecule has 2 saturated heterocycles. The molecular formula is C21H29F2N3O. The molecule has 3 fully saturated rings. The maximum atomic E-state index is 14.5. The molecule has 4 nitrogen and oxygen atoms in total. The van der Waals surface area contributed by atoms with Gasteiger partial charge >= 0.3 is 0 Å². The van der Waals surface area contributed by atoms with E-state index in [1.54, 1.807) is 7.05 Å². The summed E-state index contributed by atoms with van der Waals surface area (Å²) in [6.45, 7) is 4.07. The molecule has 2 aliphatic heterocycles. The number of halogens is 2. The Balaban J connectivity index is 1.50. The maximum absolute atomic E-state index is 14.5. The molecule has 1 N–H and O–H groups in total. The van der Waals surface area contributed by atoms with Crippen molar-refractivity contribution in [2.24, 2.45) is 10.4 Å². The van der Waals surface area contributed by atoms with Gasteiger partial charge in [-0.15, -0.1) is 0 Å². The van der Waals surface area contributed by atoms with Crippen LogP contribution in [0.25, 0.3) is 0 Å². The highest BCUT2D eigenvalue weighted by Gasteiger charge is 2.43. The molecular weight excluding hydrogens is 348 g/mol. The van der Waals surface area contributed by atoms with Crippen molar-refractivity contribution in [3.05, 3.63) is 35.4 Å². The molecule has 6 heteroatoms. The van der Waals surface area contributed by atoms with Crippen LogP contribution in [0.15, 0.2) is 23.2 Å². The Morgan fingerprint density at radius 2 is 1.93 bits per heavy atom. The van der Waals surface area contributed by atoms with Gasteiger partial charge in [-0.2, -0.15) is 0 Å². The van der Waals surface area contributed by atoms with Gasteiger partial charge in [0.2, 0.25) is 0 Å². The number of nitrogens with one attached hydrogen (secondary N) is 1. The summed E-state index contributed by atoms with van der Waals surface area (Å²) >= 11 is 0. The van der Waals surface area contributed by atoms with Crippen LogP contribution in [0.4, 0.5) is 8.78 Å². The van der Waals surface area contributed by atoms with Crippen molar-refractivity contribution in [2.75, 3.05) is 39.9 Å². The molecule has 1 atom stereocenters. The third-order valence-corrected chi connectivity index (χ3v) is 6.77. The van der Waals surface area contributed by atoms with Crippen LogP contribution < -0.4 is 5.32 Å². The van der Waals surface area contributed by atoms with Crippen LogP contribution in [-0.2, 0) is 10.2 Å². The van der Waals surface area contributed by atoms with Gasteiger partial charge in [-0.3, -0.25) is 4.99 Å². The Labute approximate surface area is 160 Å². The lowest BCUT2D eigenvalue weighted by Gasteiger charge is -2.33. The van der Waals surface area contributed by atoms with Gasteiger partial charge in [0.15, 0.2) is 5.96 Å². The van der Waals surface area contributed by atoms with Crippen LogP contribution >= 0.6 is 0 Å². The third kappa shape index (κ3) is 3.44. The molecule has 1 spiro atoms. The first-order chi connectivity index (χ1) is 13.1. The number of likely N-dealkylation sites (tertiary alicyclic amines) is 1. The molecule has 0 bridgehead atoms. The van der Waals surface area contributed by atoms with Crippen LogP contribution in [0, 0.1) is 17.0 Å². The van der Waals surface area contributed by atoms with E-state index in [0.717, 1.165) is 70.8 Å². The van der Waals surface area contributed by atoms with Crippen LogP contribution in [0.1, 0.15) is 44.1 Å². The minimum atomic E-state index is -0.501. The molecule has 1 saturated carbocycles. The van der Waals surface area contributed by atoms with E-state index in [0.29, 0.717) is 6.54 Å². The minimum absolute atomic E-state index is 0.243. The number of hydrogen-bond donors (Lipinski definition) is 1. The maximum Gasteiger partial charge on any atom is 0.193 e. The zero-order chi connectivity index (χ0) is 18.9. The highest BCUT2D eigenvalue weighted by Crippen LogP contribution is 2.43. The Kier molecular flexibility index (Phi) is 5.10. The lowest BCUT2D eigenvalue weighted by atomic mass is 9.78. The fraction of sp³-hybridized carbons (Fsp3) is 0.667. The highest BCUT2D eigenvalue weighted by atomic mass is 19.1. The summed E-state index contributed by atoms with van der Waals surface area (Å²) < 4.78 is 34.7. The highest BCUT2D eigenvalue weighted by molar-refractivity contribution is 5.80. The van der Waals surface area contributed by atoms with Gasteiger partial charge in [-0.25, -0.2) is 8.78 Å². The lowest BCUT2D eigenvalue weighted by Crippen LogP contribution is -2.47. The summed E-state index contributed by atoms with van der Waals surface area (Å²) in [4.78, 5) is 6.73. The average Bonchev–Trinajstić information content (AvgIpc) is 3.39. The largest absolute Gasteiger partial charge is 0.381 e. The van der Waals surface area contributed by atoms with Crippen molar-refractivity contribution in [3.63, 3.8) is 0 Å². The second-order valence-electron chi connectivity index (χ2n) is 8.46. The van der Waals surface area contributed by atoms with Crippen molar-refractivity contribution < 1.29 is 13.5 Å². The molecule has 0 radical (unpaired) electrons. The molecule has 2 heterocycles. The van der Waals surface area contributed by atoms with Gasteiger partial charge in [0, 0.05) is 49.7 Å². The van der Waals surface area contributed by atoms with Gasteiger partial charge in [0.1, 0.15) is 11.6 Å². The van der Waals surface area contributed by atoms with Crippen LogP contribution in [0.5, 0.6) is 0 Å². The second kappa shape index (κ2) is 7.38. The van der Waals surface area contributed by atoms with Crippen molar-refractivity contribution in [3.8, 4) is 0 Å². The van der Waals surface area contributed by atoms with Gasteiger partial charge < -0.3 is 15.0 Å². The van der Waals surface area contributed by atoms with E-state index in [-0.39, 0.29) is 11.0 Å². The van der Waals surface area contributed by atoms with E-state index in [4.69, 9.17) is 4.74 Å². The molecule has 1 aliphatic carbocycles. The smallest absolute Gasteiger partial charge is 0.193 e. The monoisotopic (exact) mass is 377 g/mol. The summed E-state index contributed by atoms with van der Waals surface area (Å²) in [7, 11) is 1.78. The summed E-state index contributed by atoms with van der Waals surface area (Å²) in [5.74, 6) is -0.0318. The molecule has 1 aromatic rings. The number of aliphatic imine (C=N–C) groups is 1. The quantitative estimate of drug-likeness (QED) is 0.647. The van der Waals surface area contributed by atoms with E-state index in [1.165, 1.54) is 18.2 Å². The van der Waals surface area contributed by atoms with E-state index in [1.807, 2.05) is 0 Å². The molecule has 1 unspecified atom stereocenters. The summed E-state index contributed by atoms with van der Waals surface area (Å²) in [5, 5.41) is 3.46. The Morgan fingerprint density at radius 3 is 2.56 bits per heavy atom. The molecule has 0 aromatic heterocycles. The van der Waals surface area contributed by atoms with E-state index in [2.05, 4.69) is 15.2 Å². The summed E-state index contributed by atoms with van der Waals surface area (Å²) in [5.41, 5.74) is -0.00735. The predicted molar refractivity (Wildman–Crippen MR) is 102 cm³/mol. The van der Waals surface area contributed by atoms with Crippen molar-refractivity contribution in [1.29, 1.82) is 0 Å². The Bertz CT molecular complexity index is 689. The van der Waals surface area contributed by atoms with Gasteiger partial charge in [-0.1, -0.05) is 18.9 Å². The second-order valence-corrected chi connectivity index (χ2v) is 8.46. The van der Waals surface area contributed by atoms with Crippen LogP contribution in [0.3, 0.4) is 0 Å². The first kappa shape index (κ1) is 18.7. The van der Waals surface area contributed by atoms with Gasteiger partial charge in [0.05, 0.1) is 6.61 Å². The molecule has 0 amide bonds. The SMILES string of the molecule is CN=C(NCC1(c2c(F)cccc2F)CCCC1)N1CCC2(CCOC2)C1. The number of ether oxygens (including phenoxy) is 1. The first-order valence-corrected chi connectivity index (χ1v) is 10.1. The van der Waals surface area contributed by atoms with Gasteiger partial charge in [-0.05, 0) is 37.8 Å². The van der Waals surface area contributed by atoms with Crippen LogP contribution in [0.2, 0.25) is 0 Å². The fourth-order valence-electron chi connectivity index (χ4n) is 5.24. The number of rotatable bonds is 3. The van der Waals surface area contributed by atoms with Crippen molar-refractivity contribution in [1.82, 2.24) is 10.2 Å². The van der Waals surface area contributed by atoms with Crippen molar-refractivity contribution >= 4 is 5.96 Å². The predicted octanol–water partition coefficient (Wildman–Crippen LogP) is 3.46. The van der Waals surface area contributed by atoms with E-state index >= 15 is 0 Å². The number of hydrogen-bond acceptors (Lipinski definition) is 2. The zero-order valence-electron chi connectivity index (χ0n) is 16.1. The van der Waals surface area contributed by atoms with E-state index < -0.39 is 17.0 Å². The standard InChI is InChI=1S/C21H29F2N3O/c1-24-19(26-11-9-20(14-26)10-12-27-15-20)25-13-21(7-2-3-8-21)18-16(22)5-4-6-17(18)23/h4-6H,2-3,7-15H2,1H3,(H,24,25). The van der Waals surface area contributed by atoms with Crippen LogP contribution in [-0.4, -0.2) is 50.8 Å². The summed E-state index contributed by atoms with van der Waals surface area (Å²) in [6.07, 6.45) is 5.81. The topological polar surface area (TPSA) is 36.9 Å². The third-order valence-electron chi connectivity index (χ3n) is 6.77. The zero-order valence-corrected chi connectivity index (χ0v) is 16.1.